The lowest BCUT2D eigenvalue weighted by atomic mass is 10.1. The second-order valence-electron chi connectivity index (χ2n) is 6.06. The highest BCUT2D eigenvalue weighted by molar-refractivity contribution is 5.69. The Balaban J connectivity index is 3.26. The maximum Gasteiger partial charge on any atom is 0.305 e. The lowest BCUT2D eigenvalue weighted by Crippen LogP contribution is -2.18. The summed E-state index contributed by atoms with van der Waals surface area (Å²) in [4.78, 5) is 11.5. The molecule has 0 aromatic rings. The highest BCUT2D eigenvalue weighted by Gasteiger charge is 2.08. The summed E-state index contributed by atoms with van der Waals surface area (Å²) < 4.78 is 5.08. The third-order valence-electron chi connectivity index (χ3n) is 3.81. The average molecular weight is 300 g/mol. The van der Waals surface area contributed by atoms with Crippen LogP contribution in [0.25, 0.3) is 0 Å². The van der Waals surface area contributed by atoms with Gasteiger partial charge in [-0.3, -0.25) is 4.79 Å². The number of hydrogen-bond acceptors (Lipinski definition) is 3. The third-order valence-corrected chi connectivity index (χ3v) is 3.81. The molecule has 3 nitrogen and oxygen atoms in total. The molecular weight excluding hydrogens is 264 g/mol. The molecule has 0 fully saturated rings. The van der Waals surface area contributed by atoms with Crippen molar-refractivity contribution >= 4 is 5.97 Å². The molecule has 0 heterocycles. The quantitative estimate of drug-likeness (QED) is 0.342. The molecule has 1 unspecified atom stereocenters. The standard InChI is InChI=1S/C18H36O3/c1-3-5-7-8-9-10-11-12-13-15-18(20)21-16-17(19)14-6-4-2/h17,19H,3-16H2,1-2H3. The number of esters is 1. The van der Waals surface area contributed by atoms with Gasteiger partial charge in [0.25, 0.3) is 0 Å². The van der Waals surface area contributed by atoms with Crippen molar-refractivity contribution in [2.75, 3.05) is 6.61 Å². The molecule has 3 heteroatoms. The van der Waals surface area contributed by atoms with E-state index in [0.29, 0.717) is 6.42 Å². The minimum absolute atomic E-state index is 0.159. The van der Waals surface area contributed by atoms with Crippen LogP contribution >= 0.6 is 0 Å². The Bertz CT molecular complexity index is 229. The van der Waals surface area contributed by atoms with E-state index in [0.717, 1.165) is 32.1 Å². The van der Waals surface area contributed by atoms with Crippen molar-refractivity contribution in [3.63, 3.8) is 0 Å². The summed E-state index contributed by atoms with van der Waals surface area (Å²) in [5.41, 5.74) is 0. The first-order valence-corrected chi connectivity index (χ1v) is 9.04. The van der Waals surface area contributed by atoms with Crippen molar-refractivity contribution in [3.05, 3.63) is 0 Å². The Morgan fingerprint density at radius 1 is 0.857 bits per heavy atom. The molecule has 0 saturated carbocycles. The Hall–Kier alpha value is -0.570. The molecule has 0 aliphatic rings. The topological polar surface area (TPSA) is 46.5 Å². The van der Waals surface area contributed by atoms with E-state index in [2.05, 4.69) is 13.8 Å². The predicted molar refractivity (Wildman–Crippen MR) is 88.3 cm³/mol. The Morgan fingerprint density at radius 2 is 1.38 bits per heavy atom. The van der Waals surface area contributed by atoms with Crippen molar-refractivity contribution in [3.8, 4) is 0 Å². The normalized spacial score (nSPS) is 12.3. The Morgan fingerprint density at radius 3 is 1.95 bits per heavy atom. The van der Waals surface area contributed by atoms with Crippen LogP contribution in [0, 0.1) is 0 Å². The minimum atomic E-state index is -0.489. The van der Waals surface area contributed by atoms with Gasteiger partial charge in [-0.1, -0.05) is 78.1 Å². The van der Waals surface area contributed by atoms with Crippen LogP contribution in [0.3, 0.4) is 0 Å². The Labute approximate surface area is 131 Å². The van der Waals surface area contributed by atoms with Gasteiger partial charge in [0.2, 0.25) is 0 Å². The zero-order valence-corrected chi connectivity index (χ0v) is 14.2. The first kappa shape index (κ1) is 20.4. The summed E-state index contributed by atoms with van der Waals surface area (Å²) in [5.74, 6) is -0.159. The molecule has 0 aromatic carbocycles. The molecule has 0 saturated heterocycles. The van der Waals surface area contributed by atoms with Gasteiger partial charge >= 0.3 is 5.97 Å². The molecule has 0 rings (SSSR count). The lowest BCUT2D eigenvalue weighted by Gasteiger charge is -2.10. The summed E-state index contributed by atoms with van der Waals surface area (Å²) in [6.07, 6.45) is 14.0. The maximum absolute atomic E-state index is 11.5. The van der Waals surface area contributed by atoms with Crippen LogP contribution in [-0.2, 0) is 9.53 Å². The fourth-order valence-electron chi connectivity index (χ4n) is 2.36. The van der Waals surface area contributed by atoms with E-state index in [1.54, 1.807) is 0 Å². The van der Waals surface area contributed by atoms with Crippen LogP contribution in [0.4, 0.5) is 0 Å². The van der Waals surface area contributed by atoms with Crippen molar-refractivity contribution in [1.29, 1.82) is 0 Å². The van der Waals surface area contributed by atoms with Gasteiger partial charge in [0.1, 0.15) is 6.61 Å². The fraction of sp³-hybridized carbons (Fsp3) is 0.944. The van der Waals surface area contributed by atoms with E-state index in [9.17, 15) is 9.90 Å². The van der Waals surface area contributed by atoms with Crippen LogP contribution in [0.2, 0.25) is 0 Å². The summed E-state index contributed by atoms with van der Waals surface area (Å²) in [7, 11) is 0. The zero-order valence-electron chi connectivity index (χ0n) is 14.2. The molecule has 126 valence electrons. The van der Waals surface area contributed by atoms with Gasteiger partial charge in [-0.05, 0) is 12.8 Å². The molecule has 1 atom stereocenters. The third kappa shape index (κ3) is 15.6. The molecular formula is C18H36O3. The fourth-order valence-corrected chi connectivity index (χ4v) is 2.36. The van der Waals surface area contributed by atoms with Crippen LogP contribution in [-0.4, -0.2) is 23.8 Å². The number of hydrogen-bond donors (Lipinski definition) is 1. The SMILES string of the molecule is CCCCCCCCCCCC(=O)OCC(O)CCCC. The first-order chi connectivity index (χ1) is 10.2. The highest BCUT2D eigenvalue weighted by atomic mass is 16.5. The number of aliphatic hydroxyl groups is 1. The Kier molecular flexibility index (Phi) is 15.4. The van der Waals surface area contributed by atoms with Gasteiger partial charge in [0.05, 0.1) is 6.10 Å². The van der Waals surface area contributed by atoms with Crippen molar-refractivity contribution in [2.24, 2.45) is 0 Å². The molecule has 0 spiro atoms. The number of unbranched alkanes of at least 4 members (excludes halogenated alkanes) is 9. The van der Waals surface area contributed by atoms with Crippen LogP contribution < -0.4 is 0 Å². The second kappa shape index (κ2) is 15.8. The van der Waals surface area contributed by atoms with E-state index < -0.39 is 6.10 Å². The van der Waals surface area contributed by atoms with Gasteiger partial charge in [-0.15, -0.1) is 0 Å². The molecule has 0 aliphatic heterocycles. The maximum atomic E-state index is 11.5. The number of rotatable bonds is 15. The average Bonchev–Trinajstić information content (AvgIpc) is 2.49. The molecule has 0 aliphatic carbocycles. The van der Waals surface area contributed by atoms with Gasteiger partial charge in [-0.25, -0.2) is 0 Å². The largest absolute Gasteiger partial charge is 0.463 e. The summed E-state index contributed by atoms with van der Waals surface area (Å²) in [5, 5.41) is 9.58. The number of carbonyl (C=O) groups excluding carboxylic acids is 1. The summed E-state index contributed by atoms with van der Waals surface area (Å²) >= 11 is 0. The van der Waals surface area contributed by atoms with E-state index in [-0.39, 0.29) is 12.6 Å². The van der Waals surface area contributed by atoms with Crippen LogP contribution in [0.15, 0.2) is 0 Å². The predicted octanol–water partition coefficient (Wildman–Crippen LogP) is 5.00. The van der Waals surface area contributed by atoms with E-state index in [1.807, 2.05) is 0 Å². The van der Waals surface area contributed by atoms with E-state index in [4.69, 9.17) is 4.74 Å². The van der Waals surface area contributed by atoms with Gasteiger partial charge in [-0.2, -0.15) is 0 Å². The molecule has 0 bridgehead atoms. The van der Waals surface area contributed by atoms with Crippen molar-refractivity contribution in [1.82, 2.24) is 0 Å². The monoisotopic (exact) mass is 300 g/mol. The minimum Gasteiger partial charge on any atom is -0.463 e. The lowest BCUT2D eigenvalue weighted by molar-refractivity contribution is -0.146. The zero-order chi connectivity index (χ0) is 15.8. The van der Waals surface area contributed by atoms with Crippen molar-refractivity contribution in [2.45, 2.75) is 103 Å². The van der Waals surface area contributed by atoms with E-state index in [1.165, 1.54) is 44.9 Å². The number of aliphatic hydroxyl groups excluding tert-OH is 1. The first-order valence-electron chi connectivity index (χ1n) is 9.04. The van der Waals surface area contributed by atoms with E-state index >= 15 is 0 Å². The molecule has 21 heavy (non-hydrogen) atoms. The van der Waals surface area contributed by atoms with Gasteiger partial charge in [0, 0.05) is 6.42 Å². The second-order valence-corrected chi connectivity index (χ2v) is 6.06. The molecule has 1 N–H and O–H groups in total. The summed E-state index contributed by atoms with van der Waals surface area (Å²) in [6.45, 7) is 4.49. The number of carbonyl (C=O) groups is 1. The van der Waals surface area contributed by atoms with Crippen molar-refractivity contribution < 1.29 is 14.6 Å². The molecule has 0 aromatic heterocycles. The smallest absolute Gasteiger partial charge is 0.305 e. The molecule has 0 radical (unpaired) electrons. The van der Waals surface area contributed by atoms with Crippen LogP contribution in [0.1, 0.15) is 97.3 Å². The highest BCUT2D eigenvalue weighted by Crippen LogP contribution is 2.11. The molecule has 0 amide bonds. The summed E-state index contributed by atoms with van der Waals surface area (Å²) in [6, 6.07) is 0. The van der Waals surface area contributed by atoms with Crippen LogP contribution in [0.5, 0.6) is 0 Å². The van der Waals surface area contributed by atoms with Gasteiger partial charge < -0.3 is 9.84 Å². The van der Waals surface area contributed by atoms with Gasteiger partial charge in [0.15, 0.2) is 0 Å². The number of ether oxygens (including phenoxy) is 1.